The molecule has 7 nitrogen and oxygen atoms in total. The first kappa shape index (κ1) is 19.9. The fourth-order valence-corrected chi connectivity index (χ4v) is 3.49. The van der Waals surface area contributed by atoms with E-state index in [0.717, 1.165) is 49.3 Å². The van der Waals surface area contributed by atoms with Gasteiger partial charge in [0.15, 0.2) is 5.96 Å². The lowest BCUT2D eigenvalue weighted by Gasteiger charge is -2.17. The molecule has 2 aromatic rings. The van der Waals surface area contributed by atoms with Crippen molar-refractivity contribution in [1.82, 2.24) is 15.5 Å². The van der Waals surface area contributed by atoms with Gasteiger partial charge < -0.3 is 15.5 Å². The smallest absolute Gasteiger partial charge is 0.257 e. The van der Waals surface area contributed by atoms with Gasteiger partial charge in [-0.3, -0.25) is 19.9 Å². The molecule has 0 spiro atoms. The van der Waals surface area contributed by atoms with Crippen LogP contribution in [0, 0.1) is 0 Å². The van der Waals surface area contributed by atoms with Gasteiger partial charge in [-0.2, -0.15) is 0 Å². The molecular formula is C23H27N5O2. The maximum absolute atomic E-state index is 12.7. The van der Waals surface area contributed by atoms with Gasteiger partial charge in [-0.25, -0.2) is 0 Å². The molecule has 30 heavy (non-hydrogen) atoms. The zero-order valence-corrected chi connectivity index (χ0v) is 17.4. The van der Waals surface area contributed by atoms with Crippen molar-refractivity contribution in [3.8, 4) is 0 Å². The maximum atomic E-state index is 12.7. The van der Waals surface area contributed by atoms with E-state index in [1.165, 1.54) is 0 Å². The number of nitrogens with zero attached hydrogens (tertiary/aromatic N) is 2. The molecule has 2 aromatic carbocycles. The number of anilines is 2. The predicted molar refractivity (Wildman–Crippen MR) is 119 cm³/mol. The van der Waals surface area contributed by atoms with Crippen LogP contribution in [0.15, 0.2) is 47.5 Å². The van der Waals surface area contributed by atoms with E-state index in [-0.39, 0.29) is 11.8 Å². The minimum Gasteiger partial charge on any atom is -0.356 e. The first-order valence-electron chi connectivity index (χ1n) is 10.3. The van der Waals surface area contributed by atoms with Crippen LogP contribution in [0.4, 0.5) is 11.4 Å². The van der Waals surface area contributed by atoms with Crippen LogP contribution in [-0.2, 0) is 0 Å². The molecule has 156 valence electrons. The van der Waals surface area contributed by atoms with Crippen LogP contribution >= 0.6 is 0 Å². The van der Waals surface area contributed by atoms with Crippen molar-refractivity contribution in [1.29, 1.82) is 0 Å². The number of nitrogens with one attached hydrogen (secondary N) is 3. The monoisotopic (exact) mass is 405 g/mol. The van der Waals surface area contributed by atoms with Gasteiger partial charge >= 0.3 is 0 Å². The third-order valence-corrected chi connectivity index (χ3v) is 5.25. The van der Waals surface area contributed by atoms with Crippen LogP contribution in [0.25, 0.3) is 0 Å². The number of benzene rings is 2. The Balaban J connectivity index is 1.54. The molecule has 0 unspecified atom stereocenters. The SMILES string of the molecule is CN(C)C(=O)c1cccc(Nc2ccc(C(=O)NC3=NCCCN3)cc2C2CC2)c1. The third kappa shape index (κ3) is 4.62. The quantitative estimate of drug-likeness (QED) is 0.714. The normalized spacial score (nSPS) is 15.6. The highest BCUT2D eigenvalue weighted by Gasteiger charge is 2.27. The molecule has 1 saturated carbocycles. The van der Waals surface area contributed by atoms with Crippen LogP contribution in [0.2, 0.25) is 0 Å². The minimum absolute atomic E-state index is 0.0349. The second-order valence-corrected chi connectivity index (χ2v) is 7.95. The van der Waals surface area contributed by atoms with Gasteiger partial charge in [0.1, 0.15) is 0 Å². The first-order valence-corrected chi connectivity index (χ1v) is 10.3. The molecule has 1 heterocycles. The number of amides is 2. The fourth-order valence-electron chi connectivity index (χ4n) is 3.49. The zero-order chi connectivity index (χ0) is 21.1. The Kier molecular flexibility index (Phi) is 5.70. The fraction of sp³-hybridized carbons (Fsp3) is 0.348. The molecule has 0 bridgehead atoms. The van der Waals surface area contributed by atoms with E-state index in [2.05, 4.69) is 20.9 Å². The van der Waals surface area contributed by atoms with Gasteiger partial charge in [-0.1, -0.05) is 6.07 Å². The van der Waals surface area contributed by atoms with Gasteiger partial charge in [0.05, 0.1) is 0 Å². The van der Waals surface area contributed by atoms with Crippen molar-refractivity contribution in [3.63, 3.8) is 0 Å². The number of guanidine groups is 1. The summed E-state index contributed by atoms with van der Waals surface area (Å²) in [6.45, 7) is 1.55. The summed E-state index contributed by atoms with van der Waals surface area (Å²) < 4.78 is 0. The lowest BCUT2D eigenvalue weighted by Crippen LogP contribution is -2.43. The van der Waals surface area contributed by atoms with Crippen LogP contribution in [0.3, 0.4) is 0 Å². The third-order valence-electron chi connectivity index (χ3n) is 5.25. The van der Waals surface area contributed by atoms with Crippen molar-refractivity contribution in [2.75, 3.05) is 32.5 Å². The largest absolute Gasteiger partial charge is 0.356 e. The topological polar surface area (TPSA) is 85.8 Å². The Bertz CT molecular complexity index is 995. The summed E-state index contributed by atoms with van der Waals surface area (Å²) >= 11 is 0. The van der Waals surface area contributed by atoms with Gasteiger partial charge in [0, 0.05) is 49.7 Å². The summed E-state index contributed by atoms with van der Waals surface area (Å²) in [6.07, 6.45) is 3.22. The van der Waals surface area contributed by atoms with Gasteiger partial charge in [-0.15, -0.1) is 0 Å². The first-order chi connectivity index (χ1) is 14.5. The van der Waals surface area contributed by atoms with E-state index in [1.807, 2.05) is 42.5 Å². The summed E-state index contributed by atoms with van der Waals surface area (Å²) in [5, 5.41) is 9.41. The molecular weight excluding hydrogens is 378 g/mol. The molecule has 7 heteroatoms. The Hall–Kier alpha value is -3.35. The van der Waals surface area contributed by atoms with E-state index in [0.29, 0.717) is 23.0 Å². The molecule has 2 aliphatic rings. The van der Waals surface area contributed by atoms with Gasteiger partial charge in [-0.05, 0) is 67.1 Å². The Morgan fingerprint density at radius 1 is 1.10 bits per heavy atom. The second-order valence-electron chi connectivity index (χ2n) is 7.95. The van der Waals surface area contributed by atoms with Crippen LogP contribution in [0.1, 0.15) is 51.5 Å². The molecule has 0 aromatic heterocycles. The summed E-state index contributed by atoms with van der Waals surface area (Å²) in [5.74, 6) is 0.809. The Labute approximate surface area is 176 Å². The summed E-state index contributed by atoms with van der Waals surface area (Å²) in [7, 11) is 3.48. The van der Waals surface area contributed by atoms with E-state index in [1.54, 1.807) is 19.0 Å². The van der Waals surface area contributed by atoms with Crippen molar-refractivity contribution >= 4 is 29.1 Å². The van der Waals surface area contributed by atoms with Crippen molar-refractivity contribution < 1.29 is 9.59 Å². The van der Waals surface area contributed by atoms with E-state index >= 15 is 0 Å². The average molecular weight is 406 g/mol. The van der Waals surface area contributed by atoms with Gasteiger partial charge in [0.25, 0.3) is 11.8 Å². The standard InChI is InChI=1S/C23H27N5O2/c1-28(2)22(30)17-5-3-6-18(13-17)26-20-10-9-16(14-19(20)15-7-8-15)21(29)27-23-24-11-4-12-25-23/h3,5-6,9-10,13-15,26H,4,7-8,11-12H2,1-2H3,(H2,24,25,27,29). The predicted octanol–water partition coefficient (Wildman–Crippen LogP) is 3.09. The van der Waals surface area contributed by atoms with Crippen LogP contribution in [0.5, 0.6) is 0 Å². The molecule has 0 radical (unpaired) electrons. The molecule has 3 N–H and O–H groups in total. The lowest BCUT2D eigenvalue weighted by atomic mass is 10.0. The molecule has 4 rings (SSSR count). The van der Waals surface area contributed by atoms with Crippen molar-refractivity contribution in [3.05, 3.63) is 59.2 Å². The van der Waals surface area contributed by atoms with E-state index < -0.39 is 0 Å². The molecule has 1 fully saturated rings. The highest BCUT2D eigenvalue weighted by atomic mass is 16.2. The highest BCUT2D eigenvalue weighted by molar-refractivity contribution is 6.06. The van der Waals surface area contributed by atoms with E-state index in [4.69, 9.17) is 0 Å². The van der Waals surface area contributed by atoms with Crippen LogP contribution in [-0.4, -0.2) is 49.9 Å². The average Bonchev–Trinajstić information content (AvgIpc) is 3.59. The maximum Gasteiger partial charge on any atom is 0.257 e. The van der Waals surface area contributed by atoms with Crippen molar-refractivity contribution in [2.45, 2.75) is 25.2 Å². The van der Waals surface area contributed by atoms with Crippen molar-refractivity contribution in [2.24, 2.45) is 4.99 Å². The van der Waals surface area contributed by atoms with Crippen LogP contribution < -0.4 is 16.0 Å². The molecule has 0 saturated heterocycles. The number of rotatable bonds is 5. The van der Waals surface area contributed by atoms with E-state index in [9.17, 15) is 9.59 Å². The number of hydrogen-bond donors (Lipinski definition) is 3. The summed E-state index contributed by atoms with van der Waals surface area (Å²) in [4.78, 5) is 30.8. The number of aliphatic imine (C=N–C) groups is 1. The molecule has 2 amide bonds. The highest BCUT2D eigenvalue weighted by Crippen LogP contribution is 2.44. The number of carbonyl (C=O) groups is 2. The summed E-state index contributed by atoms with van der Waals surface area (Å²) in [6, 6.07) is 13.2. The molecule has 1 aliphatic carbocycles. The summed E-state index contributed by atoms with van der Waals surface area (Å²) in [5.41, 5.74) is 4.20. The number of carbonyl (C=O) groups excluding carboxylic acids is 2. The van der Waals surface area contributed by atoms with Gasteiger partial charge in [0.2, 0.25) is 0 Å². The number of hydrogen-bond acceptors (Lipinski definition) is 5. The zero-order valence-electron chi connectivity index (χ0n) is 17.4. The molecule has 1 aliphatic heterocycles. The molecule has 0 atom stereocenters. The minimum atomic E-state index is -0.157. The Morgan fingerprint density at radius 3 is 2.63 bits per heavy atom. The Morgan fingerprint density at radius 2 is 1.93 bits per heavy atom. The second kappa shape index (κ2) is 8.57. The lowest BCUT2D eigenvalue weighted by molar-refractivity contribution is 0.0827.